The van der Waals surface area contributed by atoms with E-state index < -0.39 is 5.72 Å². The molecule has 7 nitrogen and oxygen atoms in total. The average Bonchev–Trinajstić information content (AvgIpc) is 2.58. The number of benzene rings is 1. The van der Waals surface area contributed by atoms with Crippen LogP contribution in [-0.4, -0.2) is 50.6 Å². The van der Waals surface area contributed by atoms with Crippen molar-refractivity contribution < 1.29 is 23.7 Å². The van der Waals surface area contributed by atoms with E-state index in [-0.39, 0.29) is 18.2 Å². The van der Waals surface area contributed by atoms with Crippen LogP contribution in [0.1, 0.15) is 24.4 Å². The molecule has 3 aliphatic heterocycles. The number of likely N-dealkylation sites (N-methyl/N-ethyl adjacent to an activating group) is 1. The molecule has 0 aromatic heterocycles. The summed E-state index contributed by atoms with van der Waals surface area (Å²) in [5.41, 5.74) is 0.0873. The van der Waals surface area contributed by atoms with Crippen molar-refractivity contribution in [3.63, 3.8) is 0 Å². The monoisotopic (exact) mass is 320 g/mol. The highest BCUT2D eigenvalue weighted by molar-refractivity contribution is 5.78. The first kappa shape index (κ1) is 14.4. The van der Waals surface area contributed by atoms with Gasteiger partial charge in [0.25, 0.3) is 0 Å². The zero-order chi connectivity index (χ0) is 16.2. The fourth-order valence-corrected chi connectivity index (χ4v) is 3.82. The number of hydrogen-bond acceptors (Lipinski definition) is 5. The van der Waals surface area contributed by atoms with Crippen molar-refractivity contribution in [1.29, 1.82) is 0 Å². The van der Waals surface area contributed by atoms with E-state index in [1.54, 1.807) is 26.2 Å². The number of ether oxygens (including phenoxy) is 4. The van der Waals surface area contributed by atoms with Crippen molar-refractivity contribution in [2.24, 2.45) is 0 Å². The number of carbonyl (C=O) groups is 1. The van der Waals surface area contributed by atoms with Crippen LogP contribution in [0, 0.1) is 0 Å². The lowest BCUT2D eigenvalue weighted by molar-refractivity contribution is -0.218. The summed E-state index contributed by atoms with van der Waals surface area (Å²) in [6.45, 7) is 0.665. The van der Waals surface area contributed by atoms with E-state index in [1.165, 1.54) is 0 Å². The minimum absolute atomic E-state index is 0.155. The van der Waals surface area contributed by atoms with Crippen LogP contribution < -0.4 is 19.5 Å². The lowest BCUT2D eigenvalue weighted by atomic mass is 9.82. The van der Waals surface area contributed by atoms with E-state index in [0.29, 0.717) is 23.9 Å². The number of nitrogens with one attached hydrogen (secondary N) is 1. The van der Waals surface area contributed by atoms with Gasteiger partial charge < -0.3 is 24.3 Å². The van der Waals surface area contributed by atoms with Gasteiger partial charge in [0, 0.05) is 31.7 Å². The number of methoxy groups -OCH3 is 2. The third kappa shape index (κ3) is 1.83. The predicted molar refractivity (Wildman–Crippen MR) is 80.9 cm³/mol. The maximum atomic E-state index is 12.4. The summed E-state index contributed by atoms with van der Waals surface area (Å²) in [5.74, 6) is 1.90. The van der Waals surface area contributed by atoms with Gasteiger partial charge in [-0.25, -0.2) is 4.79 Å². The van der Waals surface area contributed by atoms with E-state index in [2.05, 4.69) is 5.32 Å². The van der Waals surface area contributed by atoms with Gasteiger partial charge in [-0.05, 0) is 12.5 Å². The van der Waals surface area contributed by atoms with E-state index in [0.717, 1.165) is 18.4 Å². The predicted octanol–water partition coefficient (Wildman–Crippen LogP) is 1.67. The highest BCUT2D eigenvalue weighted by atomic mass is 16.6. The van der Waals surface area contributed by atoms with Gasteiger partial charge >= 0.3 is 6.03 Å². The molecule has 0 spiro atoms. The molecule has 3 atom stereocenters. The second-order valence-corrected chi connectivity index (χ2v) is 6.07. The Bertz CT molecular complexity index is 664. The second kappa shape index (κ2) is 4.92. The van der Waals surface area contributed by atoms with Gasteiger partial charge in [0.15, 0.2) is 11.5 Å². The summed E-state index contributed by atoms with van der Waals surface area (Å²) in [6, 6.07) is 3.26. The molecule has 2 bridgehead atoms. The van der Waals surface area contributed by atoms with Gasteiger partial charge in [0.2, 0.25) is 5.72 Å². The van der Waals surface area contributed by atoms with Gasteiger partial charge in [-0.3, -0.25) is 4.90 Å². The molecule has 2 saturated heterocycles. The van der Waals surface area contributed by atoms with Gasteiger partial charge in [-0.1, -0.05) is 0 Å². The number of urea groups is 1. The van der Waals surface area contributed by atoms with Crippen LogP contribution in [0.3, 0.4) is 0 Å². The highest BCUT2D eigenvalue weighted by Gasteiger charge is 2.60. The van der Waals surface area contributed by atoms with Crippen LogP contribution in [0.2, 0.25) is 0 Å². The van der Waals surface area contributed by atoms with Crippen molar-refractivity contribution in [1.82, 2.24) is 10.2 Å². The molecule has 1 aromatic carbocycles. The number of hydrogen-bond donors (Lipinski definition) is 1. The first-order chi connectivity index (χ1) is 11.1. The third-order valence-electron chi connectivity index (χ3n) is 5.01. The smallest absolute Gasteiger partial charge is 0.320 e. The molecule has 124 valence electrons. The summed E-state index contributed by atoms with van der Waals surface area (Å²) in [6.07, 6.45) is 1.35. The molecule has 3 heterocycles. The molecule has 4 rings (SSSR count). The summed E-state index contributed by atoms with van der Waals surface area (Å²) in [5, 5.41) is 3.02. The Morgan fingerprint density at radius 2 is 2.04 bits per heavy atom. The molecule has 23 heavy (non-hydrogen) atoms. The lowest BCUT2D eigenvalue weighted by Gasteiger charge is -2.57. The molecular formula is C16H20N2O5. The van der Waals surface area contributed by atoms with Gasteiger partial charge in [-0.15, -0.1) is 0 Å². The van der Waals surface area contributed by atoms with E-state index in [4.69, 9.17) is 18.9 Å². The minimum Gasteiger partial charge on any atom is -0.493 e. The standard InChI is InChI=1S/C16H20N2O5/c1-18-15(19)17-13-9-7-11(20-2)12(21-3)8-10(9)23-16(18)5-4-6-22-14(13)16/h7-8,13-14H,4-6H2,1-3H3,(H,17,19). The Balaban J connectivity index is 1.89. The van der Waals surface area contributed by atoms with Gasteiger partial charge in [0.1, 0.15) is 11.9 Å². The first-order valence-electron chi connectivity index (χ1n) is 7.71. The van der Waals surface area contributed by atoms with E-state index in [1.807, 2.05) is 12.1 Å². The van der Waals surface area contributed by atoms with Crippen LogP contribution in [0.25, 0.3) is 0 Å². The van der Waals surface area contributed by atoms with Crippen molar-refractivity contribution in [3.05, 3.63) is 17.7 Å². The Hall–Kier alpha value is -2.15. The first-order valence-corrected chi connectivity index (χ1v) is 7.71. The maximum Gasteiger partial charge on any atom is 0.320 e. The zero-order valence-corrected chi connectivity index (χ0v) is 13.4. The SMILES string of the molecule is COc1cc2c(cc1OC)C1NC(=O)N(C)C3(CCCOC13)O2. The quantitative estimate of drug-likeness (QED) is 0.897. The molecular weight excluding hydrogens is 300 g/mol. The fourth-order valence-electron chi connectivity index (χ4n) is 3.82. The number of nitrogens with zero attached hydrogens (tertiary/aromatic N) is 1. The van der Waals surface area contributed by atoms with Crippen molar-refractivity contribution >= 4 is 6.03 Å². The molecule has 3 aliphatic rings. The highest BCUT2D eigenvalue weighted by Crippen LogP contribution is 2.51. The number of rotatable bonds is 2. The number of fused-ring (bicyclic) bond motifs is 2. The Morgan fingerprint density at radius 1 is 1.30 bits per heavy atom. The molecule has 1 aromatic rings. The molecule has 2 fully saturated rings. The van der Waals surface area contributed by atoms with Crippen molar-refractivity contribution in [3.8, 4) is 17.2 Å². The summed E-state index contributed by atoms with van der Waals surface area (Å²) >= 11 is 0. The van der Waals surface area contributed by atoms with Gasteiger partial charge in [-0.2, -0.15) is 0 Å². The summed E-state index contributed by atoms with van der Waals surface area (Å²) in [4.78, 5) is 14.0. The molecule has 7 heteroatoms. The fraction of sp³-hybridized carbons (Fsp3) is 0.562. The second-order valence-electron chi connectivity index (χ2n) is 6.07. The van der Waals surface area contributed by atoms with Crippen LogP contribution in [0.15, 0.2) is 12.1 Å². The number of carbonyl (C=O) groups excluding carboxylic acids is 1. The van der Waals surface area contributed by atoms with E-state index >= 15 is 0 Å². The van der Waals surface area contributed by atoms with Crippen LogP contribution in [-0.2, 0) is 4.74 Å². The Morgan fingerprint density at radius 3 is 2.78 bits per heavy atom. The van der Waals surface area contributed by atoms with Crippen LogP contribution >= 0.6 is 0 Å². The summed E-state index contributed by atoms with van der Waals surface area (Å²) < 4.78 is 23.1. The Labute approximate surface area is 134 Å². The van der Waals surface area contributed by atoms with Crippen molar-refractivity contribution in [2.45, 2.75) is 30.7 Å². The average molecular weight is 320 g/mol. The van der Waals surface area contributed by atoms with E-state index in [9.17, 15) is 4.79 Å². The van der Waals surface area contributed by atoms with Crippen LogP contribution in [0.4, 0.5) is 4.79 Å². The molecule has 0 aliphatic carbocycles. The van der Waals surface area contributed by atoms with Crippen molar-refractivity contribution in [2.75, 3.05) is 27.9 Å². The van der Waals surface area contributed by atoms with Gasteiger partial charge in [0.05, 0.1) is 20.3 Å². The topological polar surface area (TPSA) is 69.3 Å². The largest absolute Gasteiger partial charge is 0.493 e. The number of amides is 2. The molecule has 1 N–H and O–H groups in total. The molecule has 0 saturated carbocycles. The zero-order valence-electron chi connectivity index (χ0n) is 13.4. The molecule has 0 radical (unpaired) electrons. The lowest BCUT2D eigenvalue weighted by Crippen LogP contribution is -2.74. The maximum absolute atomic E-state index is 12.4. The molecule has 2 amide bonds. The normalized spacial score (nSPS) is 31.4. The molecule has 3 unspecified atom stereocenters. The Kier molecular flexibility index (Phi) is 3.09. The van der Waals surface area contributed by atoms with Crippen LogP contribution in [0.5, 0.6) is 17.2 Å². The summed E-state index contributed by atoms with van der Waals surface area (Å²) in [7, 11) is 4.92. The third-order valence-corrected chi connectivity index (χ3v) is 5.01. The minimum atomic E-state index is -0.766.